The number of carbonyl (C=O) groups excluding carboxylic acids is 1. The minimum atomic E-state index is -0.335. The van der Waals surface area contributed by atoms with Crippen LogP contribution < -0.4 is 10.1 Å². The number of carbonyl (C=O) groups is 1. The Balaban J connectivity index is 2.36. The molecule has 0 aromatic heterocycles. The van der Waals surface area contributed by atoms with Crippen LogP contribution in [-0.2, 0) is 4.79 Å². The number of ether oxygens (including phenoxy) is 1. The molecule has 1 aromatic carbocycles. The molecule has 0 unspecified atom stereocenters. The van der Waals surface area contributed by atoms with Gasteiger partial charge < -0.3 is 10.1 Å². The van der Waals surface area contributed by atoms with Crippen LogP contribution in [0, 0.1) is 19.3 Å². The Morgan fingerprint density at radius 3 is 2.64 bits per heavy atom. The largest absolute Gasteiger partial charge is 0.493 e. The molecule has 0 bridgehead atoms. The molecule has 124 valence electrons. The molecule has 0 aliphatic carbocycles. The quantitative estimate of drug-likeness (QED) is 0.686. The first-order valence-corrected chi connectivity index (χ1v) is 8.35. The van der Waals surface area contributed by atoms with Gasteiger partial charge in [0, 0.05) is 12.0 Å². The van der Waals surface area contributed by atoms with E-state index >= 15 is 0 Å². The summed E-state index contributed by atoms with van der Waals surface area (Å²) in [5.74, 6) is 1.10. The average molecular weight is 305 g/mol. The second-order valence-corrected chi connectivity index (χ2v) is 6.71. The van der Waals surface area contributed by atoms with E-state index < -0.39 is 0 Å². The summed E-state index contributed by atoms with van der Waals surface area (Å²) in [7, 11) is 0. The van der Waals surface area contributed by atoms with E-state index in [1.165, 1.54) is 5.56 Å². The number of rotatable bonds is 9. The van der Waals surface area contributed by atoms with E-state index in [0.717, 1.165) is 43.5 Å². The summed E-state index contributed by atoms with van der Waals surface area (Å²) < 4.78 is 5.86. The summed E-state index contributed by atoms with van der Waals surface area (Å²) >= 11 is 0. The average Bonchev–Trinajstić information content (AvgIpc) is 2.47. The van der Waals surface area contributed by atoms with Crippen molar-refractivity contribution in [2.24, 2.45) is 5.41 Å². The predicted octanol–water partition coefficient (Wildman–Crippen LogP) is 4.40. The number of aryl methyl sites for hydroxylation is 2. The van der Waals surface area contributed by atoms with Crippen LogP contribution in [0.2, 0.25) is 0 Å². The van der Waals surface area contributed by atoms with Crippen LogP contribution in [0.25, 0.3) is 0 Å². The number of amides is 1. The predicted molar refractivity (Wildman–Crippen MR) is 92.3 cm³/mol. The van der Waals surface area contributed by atoms with E-state index in [4.69, 9.17) is 4.74 Å². The molecule has 0 saturated heterocycles. The molecule has 1 aromatic rings. The van der Waals surface area contributed by atoms with Crippen LogP contribution in [0.15, 0.2) is 18.2 Å². The Hall–Kier alpha value is -1.51. The highest BCUT2D eigenvalue weighted by atomic mass is 16.5. The molecular weight excluding hydrogens is 274 g/mol. The summed E-state index contributed by atoms with van der Waals surface area (Å²) in [6.45, 7) is 11.7. The van der Waals surface area contributed by atoms with Crippen LogP contribution in [0.4, 0.5) is 0 Å². The number of unbranched alkanes of at least 4 members (excludes halogenated alkanes) is 1. The summed E-state index contributed by atoms with van der Waals surface area (Å²) in [6, 6.07) is 6.24. The summed E-state index contributed by atoms with van der Waals surface area (Å²) in [6.07, 6.45) is 3.85. The molecule has 1 rings (SSSR count). The molecule has 0 aliphatic heterocycles. The lowest BCUT2D eigenvalue weighted by molar-refractivity contribution is -0.129. The highest BCUT2D eigenvalue weighted by Crippen LogP contribution is 2.24. The van der Waals surface area contributed by atoms with Crippen LogP contribution in [-0.4, -0.2) is 19.1 Å². The maximum Gasteiger partial charge on any atom is 0.225 e. The fourth-order valence-corrected chi connectivity index (χ4v) is 2.29. The van der Waals surface area contributed by atoms with Gasteiger partial charge in [0.05, 0.1) is 6.61 Å². The first kappa shape index (κ1) is 18.5. The van der Waals surface area contributed by atoms with Crippen LogP contribution in [0.1, 0.15) is 57.6 Å². The molecule has 0 spiro atoms. The zero-order valence-corrected chi connectivity index (χ0v) is 14.8. The van der Waals surface area contributed by atoms with Gasteiger partial charge in [-0.1, -0.05) is 39.3 Å². The van der Waals surface area contributed by atoms with Crippen LogP contribution in [0.5, 0.6) is 5.75 Å². The van der Waals surface area contributed by atoms with E-state index in [-0.39, 0.29) is 11.3 Å². The maximum atomic E-state index is 12.2. The second-order valence-electron chi connectivity index (χ2n) is 6.71. The van der Waals surface area contributed by atoms with Gasteiger partial charge >= 0.3 is 0 Å². The lowest BCUT2D eigenvalue weighted by Crippen LogP contribution is -2.37. The normalized spacial score (nSPS) is 11.3. The first-order chi connectivity index (χ1) is 10.4. The fraction of sp³-hybridized carbons (Fsp3) is 0.632. The van der Waals surface area contributed by atoms with Crippen molar-refractivity contribution >= 4 is 5.91 Å². The smallest absolute Gasteiger partial charge is 0.225 e. The molecule has 3 heteroatoms. The standard InChI is InChI=1S/C19H31NO2/c1-6-7-12-20-18(21)19(4,5)11-8-13-22-17-14-15(2)9-10-16(17)3/h9-10,14H,6-8,11-13H2,1-5H3,(H,20,21). The SMILES string of the molecule is CCCCNC(=O)C(C)(C)CCCOc1cc(C)ccc1C. The van der Waals surface area contributed by atoms with Crippen molar-refractivity contribution in [3.8, 4) is 5.75 Å². The van der Waals surface area contributed by atoms with Gasteiger partial charge in [-0.25, -0.2) is 0 Å². The highest BCUT2D eigenvalue weighted by Gasteiger charge is 2.26. The Bertz CT molecular complexity index is 480. The Labute approximate surface area is 135 Å². The van der Waals surface area contributed by atoms with Crippen molar-refractivity contribution in [1.29, 1.82) is 0 Å². The molecule has 0 heterocycles. The third kappa shape index (κ3) is 6.08. The number of benzene rings is 1. The Morgan fingerprint density at radius 1 is 1.23 bits per heavy atom. The summed E-state index contributed by atoms with van der Waals surface area (Å²) in [5, 5.41) is 3.02. The first-order valence-electron chi connectivity index (χ1n) is 8.35. The third-order valence-corrected chi connectivity index (χ3v) is 3.98. The van der Waals surface area contributed by atoms with Gasteiger partial charge in [0.1, 0.15) is 5.75 Å². The molecule has 1 N–H and O–H groups in total. The molecule has 0 aliphatic rings. The van der Waals surface area contributed by atoms with E-state index in [9.17, 15) is 4.79 Å². The molecule has 3 nitrogen and oxygen atoms in total. The second kappa shape index (κ2) is 8.82. The summed E-state index contributed by atoms with van der Waals surface area (Å²) in [5.41, 5.74) is 2.03. The topological polar surface area (TPSA) is 38.3 Å². The molecule has 0 atom stereocenters. The molecule has 22 heavy (non-hydrogen) atoms. The van der Waals surface area contributed by atoms with Crippen LogP contribution >= 0.6 is 0 Å². The minimum Gasteiger partial charge on any atom is -0.493 e. The van der Waals surface area contributed by atoms with Crippen molar-refractivity contribution in [2.45, 2.75) is 60.3 Å². The van der Waals surface area contributed by atoms with Crippen molar-refractivity contribution < 1.29 is 9.53 Å². The van der Waals surface area contributed by atoms with Crippen molar-refractivity contribution in [2.75, 3.05) is 13.2 Å². The van der Waals surface area contributed by atoms with Gasteiger partial charge in [0.25, 0.3) is 0 Å². The molecule has 0 saturated carbocycles. The zero-order valence-electron chi connectivity index (χ0n) is 14.8. The van der Waals surface area contributed by atoms with Crippen molar-refractivity contribution in [3.05, 3.63) is 29.3 Å². The number of nitrogens with one attached hydrogen (secondary N) is 1. The van der Waals surface area contributed by atoms with E-state index in [0.29, 0.717) is 6.61 Å². The zero-order chi connectivity index (χ0) is 16.6. The lowest BCUT2D eigenvalue weighted by Gasteiger charge is -2.23. The van der Waals surface area contributed by atoms with Gasteiger partial charge in [-0.3, -0.25) is 4.79 Å². The molecular formula is C19H31NO2. The fourth-order valence-electron chi connectivity index (χ4n) is 2.29. The van der Waals surface area contributed by atoms with Crippen LogP contribution in [0.3, 0.4) is 0 Å². The molecule has 0 radical (unpaired) electrons. The van der Waals surface area contributed by atoms with Gasteiger partial charge in [-0.15, -0.1) is 0 Å². The number of hydrogen-bond acceptors (Lipinski definition) is 2. The van der Waals surface area contributed by atoms with Crippen molar-refractivity contribution in [3.63, 3.8) is 0 Å². The minimum absolute atomic E-state index is 0.146. The highest BCUT2D eigenvalue weighted by molar-refractivity contribution is 5.81. The molecule has 1 amide bonds. The number of hydrogen-bond donors (Lipinski definition) is 1. The third-order valence-electron chi connectivity index (χ3n) is 3.98. The van der Waals surface area contributed by atoms with E-state index in [1.54, 1.807) is 0 Å². The Kier molecular flexibility index (Phi) is 7.43. The summed E-state index contributed by atoms with van der Waals surface area (Å²) in [4.78, 5) is 12.2. The maximum absolute atomic E-state index is 12.2. The monoisotopic (exact) mass is 305 g/mol. The van der Waals surface area contributed by atoms with Gasteiger partial charge in [-0.05, 0) is 50.3 Å². The lowest BCUT2D eigenvalue weighted by atomic mass is 9.87. The van der Waals surface area contributed by atoms with E-state index in [2.05, 4.69) is 44.3 Å². The van der Waals surface area contributed by atoms with E-state index in [1.807, 2.05) is 13.8 Å². The van der Waals surface area contributed by atoms with Gasteiger partial charge in [0.2, 0.25) is 5.91 Å². The molecule has 0 fully saturated rings. The van der Waals surface area contributed by atoms with Crippen molar-refractivity contribution in [1.82, 2.24) is 5.32 Å². The van der Waals surface area contributed by atoms with Gasteiger partial charge in [0.15, 0.2) is 0 Å². The van der Waals surface area contributed by atoms with Gasteiger partial charge in [-0.2, -0.15) is 0 Å². The Morgan fingerprint density at radius 2 is 1.95 bits per heavy atom.